The molecule has 0 bridgehead atoms. The monoisotopic (exact) mass is 257 g/mol. The molecule has 1 heterocycles. The van der Waals surface area contributed by atoms with Gasteiger partial charge in [-0.05, 0) is 6.54 Å². The summed E-state index contributed by atoms with van der Waals surface area (Å²) in [4.78, 5) is 26.7. The standard InChI is InChI=1S/C12H23N3O3/c1-5-13-10-8-18-7-9(10)12(17)15(4)6-11(16)14(2)3/h9-10,13H,5-8H2,1-4H3. The Morgan fingerprint density at radius 3 is 2.50 bits per heavy atom. The second kappa shape index (κ2) is 6.70. The van der Waals surface area contributed by atoms with Crippen LogP contribution in [0.3, 0.4) is 0 Å². The van der Waals surface area contributed by atoms with Crippen molar-refractivity contribution in [1.82, 2.24) is 15.1 Å². The van der Waals surface area contributed by atoms with Gasteiger partial charge in [-0.15, -0.1) is 0 Å². The van der Waals surface area contributed by atoms with E-state index in [-0.39, 0.29) is 30.3 Å². The van der Waals surface area contributed by atoms with Gasteiger partial charge in [0.05, 0.1) is 25.7 Å². The third-order valence-corrected chi connectivity index (χ3v) is 3.11. The van der Waals surface area contributed by atoms with E-state index in [2.05, 4.69) is 5.32 Å². The fraction of sp³-hybridized carbons (Fsp3) is 0.833. The summed E-state index contributed by atoms with van der Waals surface area (Å²) in [7, 11) is 5.02. The zero-order chi connectivity index (χ0) is 13.7. The lowest BCUT2D eigenvalue weighted by molar-refractivity contribution is -0.140. The number of likely N-dealkylation sites (N-methyl/N-ethyl adjacent to an activating group) is 3. The summed E-state index contributed by atoms with van der Waals surface area (Å²) in [6, 6.07) is 0.0550. The molecular formula is C12H23N3O3. The minimum atomic E-state index is -0.190. The predicted molar refractivity (Wildman–Crippen MR) is 68.1 cm³/mol. The molecular weight excluding hydrogens is 234 g/mol. The smallest absolute Gasteiger partial charge is 0.241 e. The van der Waals surface area contributed by atoms with Crippen LogP contribution in [0.2, 0.25) is 0 Å². The number of hydrogen-bond acceptors (Lipinski definition) is 4. The third-order valence-electron chi connectivity index (χ3n) is 3.11. The number of nitrogens with zero attached hydrogens (tertiary/aromatic N) is 2. The van der Waals surface area contributed by atoms with Gasteiger partial charge in [-0.2, -0.15) is 0 Å². The zero-order valence-corrected chi connectivity index (χ0v) is 11.6. The fourth-order valence-corrected chi connectivity index (χ4v) is 1.97. The lowest BCUT2D eigenvalue weighted by atomic mass is 10.0. The normalized spacial score (nSPS) is 22.9. The minimum absolute atomic E-state index is 0.0337. The number of ether oxygens (including phenoxy) is 1. The van der Waals surface area contributed by atoms with E-state index in [1.165, 1.54) is 9.80 Å². The highest BCUT2D eigenvalue weighted by Gasteiger charge is 2.35. The number of rotatable bonds is 5. The molecule has 0 saturated carbocycles. The maximum Gasteiger partial charge on any atom is 0.241 e. The molecule has 0 aromatic heterocycles. The van der Waals surface area contributed by atoms with Gasteiger partial charge in [0.15, 0.2) is 0 Å². The van der Waals surface area contributed by atoms with Crippen molar-refractivity contribution >= 4 is 11.8 Å². The minimum Gasteiger partial charge on any atom is -0.379 e. The molecule has 6 heteroatoms. The highest BCUT2D eigenvalue weighted by atomic mass is 16.5. The number of carbonyl (C=O) groups is 2. The molecule has 18 heavy (non-hydrogen) atoms. The van der Waals surface area contributed by atoms with Crippen LogP contribution in [0.4, 0.5) is 0 Å². The van der Waals surface area contributed by atoms with Crippen LogP contribution in [0.1, 0.15) is 6.92 Å². The Hall–Kier alpha value is -1.14. The molecule has 0 aliphatic carbocycles. The lowest BCUT2D eigenvalue weighted by Crippen LogP contribution is -2.47. The molecule has 0 aromatic rings. The summed E-state index contributed by atoms with van der Waals surface area (Å²) in [5.41, 5.74) is 0. The van der Waals surface area contributed by atoms with Crippen LogP contribution in [-0.2, 0) is 14.3 Å². The third kappa shape index (κ3) is 3.68. The molecule has 6 nitrogen and oxygen atoms in total. The number of hydrogen-bond donors (Lipinski definition) is 1. The van der Waals surface area contributed by atoms with Gasteiger partial charge in [-0.3, -0.25) is 9.59 Å². The molecule has 1 rings (SSSR count). The van der Waals surface area contributed by atoms with E-state index < -0.39 is 0 Å². The van der Waals surface area contributed by atoms with Gasteiger partial charge in [0.25, 0.3) is 0 Å². The summed E-state index contributed by atoms with van der Waals surface area (Å²) in [5, 5.41) is 3.24. The molecule has 1 N–H and O–H groups in total. The van der Waals surface area contributed by atoms with Crippen molar-refractivity contribution in [3.63, 3.8) is 0 Å². The molecule has 0 spiro atoms. The summed E-state index contributed by atoms with van der Waals surface area (Å²) in [6.07, 6.45) is 0. The van der Waals surface area contributed by atoms with Gasteiger partial charge in [0.1, 0.15) is 0 Å². The SMILES string of the molecule is CCNC1COCC1C(=O)N(C)CC(=O)N(C)C. The Kier molecular flexibility index (Phi) is 5.55. The molecule has 2 amide bonds. The van der Waals surface area contributed by atoms with Crippen LogP contribution < -0.4 is 5.32 Å². The van der Waals surface area contributed by atoms with Crippen LogP contribution in [-0.4, -0.2) is 75.1 Å². The van der Waals surface area contributed by atoms with Crippen LogP contribution in [0.25, 0.3) is 0 Å². The summed E-state index contributed by atoms with van der Waals surface area (Å²) >= 11 is 0. The van der Waals surface area contributed by atoms with E-state index in [0.29, 0.717) is 13.2 Å². The van der Waals surface area contributed by atoms with Gasteiger partial charge in [-0.25, -0.2) is 0 Å². The first-order chi connectivity index (χ1) is 8.47. The fourth-order valence-electron chi connectivity index (χ4n) is 1.97. The van der Waals surface area contributed by atoms with Crippen molar-refractivity contribution in [2.45, 2.75) is 13.0 Å². The van der Waals surface area contributed by atoms with Crippen molar-refractivity contribution in [3.05, 3.63) is 0 Å². The molecule has 1 fully saturated rings. The zero-order valence-electron chi connectivity index (χ0n) is 11.6. The van der Waals surface area contributed by atoms with Gasteiger partial charge in [0.2, 0.25) is 11.8 Å². The quantitative estimate of drug-likeness (QED) is 0.697. The average Bonchev–Trinajstić information content (AvgIpc) is 2.76. The van der Waals surface area contributed by atoms with Crippen molar-refractivity contribution in [2.24, 2.45) is 5.92 Å². The van der Waals surface area contributed by atoms with Gasteiger partial charge in [0, 0.05) is 27.2 Å². The van der Waals surface area contributed by atoms with Gasteiger partial charge in [-0.1, -0.05) is 6.92 Å². The number of amides is 2. The Morgan fingerprint density at radius 2 is 1.94 bits per heavy atom. The Labute approximate surface area is 108 Å². The van der Waals surface area contributed by atoms with E-state index in [1.807, 2.05) is 6.92 Å². The van der Waals surface area contributed by atoms with Gasteiger partial charge < -0.3 is 19.9 Å². The topological polar surface area (TPSA) is 61.9 Å². The Balaban J connectivity index is 2.54. The molecule has 1 aliphatic rings. The van der Waals surface area contributed by atoms with Gasteiger partial charge >= 0.3 is 0 Å². The first-order valence-electron chi connectivity index (χ1n) is 6.23. The molecule has 104 valence electrons. The Morgan fingerprint density at radius 1 is 1.28 bits per heavy atom. The van der Waals surface area contributed by atoms with Crippen LogP contribution in [0.15, 0.2) is 0 Å². The number of nitrogens with one attached hydrogen (secondary N) is 1. The molecule has 0 radical (unpaired) electrons. The molecule has 2 unspecified atom stereocenters. The highest BCUT2D eigenvalue weighted by Crippen LogP contribution is 2.16. The van der Waals surface area contributed by atoms with E-state index in [9.17, 15) is 9.59 Å². The van der Waals surface area contributed by atoms with Crippen molar-refractivity contribution in [3.8, 4) is 0 Å². The molecule has 2 atom stereocenters. The summed E-state index contributed by atoms with van der Waals surface area (Å²) in [6.45, 7) is 3.90. The van der Waals surface area contributed by atoms with Crippen molar-refractivity contribution < 1.29 is 14.3 Å². The summed E-state index contributed by atoms with van der Waals surface area (Å²) < 4.78 is 5.34. The molecule has 0 aromatic carbocycles. The van der Waals surface area contributed by atoms with Crippen molar-refractivity contribution in [1.29, 1.82) is 0 Å². The molecule has 1 saturated heterocycles. The predicted octanol–water partition coefficient (Wildman–Crippen LogP) is -0.842. The highest BCUT2D eigenvalue weighted by molar-refractivity contribution is 5.86. The second-order valence-corrected chi connectivity index (χ2v) is 4.79. The van der Waals surface area contributed by atoms with E-state index in [4.69, 9.17) is 4.74 Å². The van der Waals surface area contributed by atoms with Crippen LogP contribution in [0.5, 0.6) is 0 Å². The van der Waals surface area contributed by atoms with E-state index in [0.717, 1.165) is 6.54 Å². The van der Waals surface area contributed by atoms with E-state index >= 15 is 0 Å². The maximum atomic E-state index is 12.2. The Bertz CT molecular complexity index is 307. The van der Waals surface area contributed by atoms with Crippen LogP contribution in [0, 0.1) is 5.92 Å². The first kappa shape index (κ1) is 14.9. The van der Waals surface area contributed by atoms with Crippen molar-refractivity contribution in [2.75, 3.05) is 47.4 Å². The second-order valence-electron chi connectivity index (χ2n) is 4.79. The molecule has 1 aliphatic heterocycles. The van der Waals surface area contributed by atoms with E-state index in [1.54, 1.807) is 21.1 Å². The number of carbonyl (C=O) groups excluding carboxylic acids is 2. The maximum absolute atomic E-state index is 12.2. The average molecular weight is 257 g/mol. The first-order valence-corrected chi connectivity index (χ1v) is 6.23. The van der Waals surface area contributed by atoms with Crippen LogP contribution >= 0.6 is 0 Å². The summed E-state index contributed by atoms with van der Waals surface area (Å²) in [5.74, 6) is -0.302. The lowest BCUT2D eigenvalue weighted by Gasteiger charge is -2.24. The largest absolute Gasteiger partial charge is 0.379 e.